The van der Waals surface area contributed by atoms with Crippen LogP contribution in [-0.2, 0) is 22.3 Å². The normalized spacial score (nSPS) is 16.6. The van der Waals surface area contributed by atoms with Crippen molar-refractivity contribution in [1.82, 2.24) is 20.5 Å². The van der Waals surface area contributed by atoms with Gasteiger partial charge in [0.1, 0.15) is 17.4 Å². The fourth-order valence-electron chi connectivity index (χ4n) is 6.96. The minimum Gasteiger partial charge on any atom is -0.494 e. The second-order valence-corrected chi connectivity index (χ2v) is 13.4. The van der Waals surface area contributed by atoms with Crippen LogP contribution >= 0.6 is 0 Å². The maximum absolute atomic E-state index is 15.1. The van der Waals surface area contributed by atoms with E-state index in [4.69, 9.17) is 4.74 Å². The Morgan fingerprint density at radius 3 is 2.43 bits per heavy atom. The Balaban J connectivity index is 1.10. The predicted molar refractivity (Wildman–Crippen MR) is 197 cm³/mol. The molecular weight excluding hydrogens is 706 g/mol. The third kappa shape index (κ3) is 8.57. The van der Waals surface area contributed by atoms with Gasteiger partial charge in [0.25, 0.3) is 5.91 Å². The number of hydrogen-bond acceptors (Lipinski definition) is 9. The lowest BCUT2D eigenvalue weighted by Crippen LogP contribution is -2.43. The molecule has 11 nitrogen and oxygen atoms in total. The van der Waals surface area contributed by atoms with Crippen LogP contribution in [0, 0.1) is 5.82 Å². The predicted octanol–water partition coefficient (Wildman–Crippen LogP) is 6.72. The largest absolute Gasteiger partial charge is 0.494 e. The van der Waals surface area contributed by atoms with Crippen LogP contribution in [0.3, 0.4) is 0 Å². The Morgan fingerprint density at radius 2 is 1.74 bits per heavy atom. The number of aromatic nitrogens is 1. The highest BCUT2D eigenvalue weighted by atomic mass is 19.4. The van der Waals surface area contributed by atoms with E-state index < -0.39 is 35.3 Å². The highest BCUT2D eigenvalue weighted by molar-refractivity contribution is 6.01. The number of piperidine rings is 2. The van der Waals surface area contributed by atoms with Crippen molar-refractivity contribution in [1.29, 1.82) is 0 Å². The molecular formula is C39H41F4N7O4. The first-order chi connectivity index (χ1) is 25.8. The first-order valence-electron chi connectivity index (χ1n) is 17.5. The number of nitrogens with zero attached hydrogens (tertiary/aromatic N) is 3. The van der Waals surface area contributed by atoms with Gasteiger partial charge in [-0.3, -0.25) is 24.6 Å². The number of amides is 3. The molecule has 3 aromatic carbocycles. The standard InChI is InChI=1S/C39H41F4N7O4/c1-44-37(52)28-6-4-5-7-31(28)46-33-20-35(45-21-29(33)39(41,42)43)47-32-12-9-25(19-34(32)54-3)50-16-14-24(15-17-50)49(2)22-23-8-10-26(30(40)18-23)27-11-13-36(51)48-38(27)53/h4-10,12,18-21,24,27H,11,13-17,22H2,1-3H3,(H,44,52)(H2,45,46,47)(H,48,51,53). The summed E-state index contributed by atoms with van der Waals surface area (Å²) in [5, 5.41) is 10.6. The van der Waals surface area contributed by atoms with Crippen LogP contribution in [0.25, 0.3) is 0 Å². The second-order valence-electron chi connectivity index (χ2n) is 13.4. The lowest BCUT2D eigenvalue weighted by Gasteiger charge is -2.38. The summed E-state index contributed by atoms with van der Waals surface area (Å²) in [4.78, 5) is 44.6. The third-order valence-electron chi connectivity index (χ3n) is 9.89. The van der Waals surface area contributed by atoms with Crippen LogP contribution in [-0.4, -0.2) is 67.9 Å². The maximum atomic E-state index is 15.1. The molecule has 4 aromatic rings. The van der Waals surface area contributed by atoms with Crippen LogP contribution in [0.1, 0.15) is 58.6 Å². The van der Waals surface area contributed by atoms with Crippen molar-refractivity contribution in [2.75, 3.05) is 49.8 Å². The molecule has 54 heavy (non-hydrogen) atoms. The van der Waals surface area contributed by atoms with Gasteiger partial charge in [-0.2, -0.15) is 13.2 Å². The Labute approximate surface area is 310 Å². The topological polar surface area (TPSA) is 128 Å². The number of nitrogens with one attached hydrogen (secondary N) is 4. The van der Waals surface area contributed by atoms with E-state index in [2.05, 4.69) is 36.1 Å². The molecule has 0 bridgehead atoms. The van der Waals surface area contributed by atoms with E-state index in [1.165, 1.54) is 38.4 Å². The van der Waals surface area contributed by atoms with E-state index in [1.54, 1.807) is 24.3 Å². The van der Waals surface area contributed by atoms with Crippen molar-refractivity contribution in [3.63, 3.8) is 0 Å². The average Bonchev–Trinajstić information content (AvgIpc) is 3.15. The lowest BCUT2D eigenvalue weighted by molar-refractivity contribution is -0.137. The SMILES string of the molecule is CNC(=O)c1ccccc1Nc1cc(Nc2ccc(N3CCC(N(C)Cc4ccc(C5CCC(=O)NC5=O)c(F)c4)CC3)cc2OC)ncc1C(F)(F)F. The van der Waals surface area contributed by atoms with Gasteiger partial charge in [0.2, 0.25) is 11.8 Å². The van der Waals surface area contributed by atoms with Crippen molar-refractivity contribution in [2.45, 2.75) is 50.4 Å². The Hall–Kier alpha value is -5.70. The van der Waals surface area contributed by atoms with E-state index in [1.807, 2.05) is 25.2 Å². The van der Waals surface area contributed by atoms with E-state index in [0.717, 1.165) is 43.4 Å². The quantitative estimate of drug-likeness (QED) is 0.0978. The van der Waals surface area contributed by atoms with Crippen LogP contribution in [0.4, 0.5) is 46.1 Å². The van der Waals surface area contributed by atoms with Crippen molar-refractivity contribution in [2.24, 2.45) is 0 Å². The number of hydrogen-bond donors (Lipinski definition) is 4. The third-order valence-corrected chi connectivity index (χ3v) is 9.89. The van der Waals surface area contributed by atoms with Gasteiger partial charge in [0, 0.05) is 68.7 Å². The number of para-hydroxylation sites is 1. The van der Waals surface area contributed by atoms with Crippen LogP contribution in [0.2, 0.25) is 0 Å². The summed E-state index contributed by atoms with van der Waals surface area (Å²) >= 11 is 0. The van der Waals surface area contributed by atoms with E-state index in [9.17, 15) is 27.6 Å². The molecule has 3 heterocycles. The monoisotopic (exact) mass is 747 g/mol. The summed E-state index contributed by atoms with van der Waals surface area (Å²) in [6, 6.07) is 18.3. The molecule has 1 aromatic heterocycles. The summed E-state index contributed by atoms with van der Waals surface area (Å²) in [6.07, 6.45) is -1.79. The van der Waals surface area contributed by atoms with Gasteiger partial charge in [-0.1, -0.05) is 24.3 Å². The molecule has 1 atom stereocenters. The number of rotatable bonds is 11. The number of pyridine rings is 1. The molecule has 0 aliphatic carbocycles. The summed E-state index contributed by atoms with van der Waals surface area (Å²) in [5.74, 6) is -1.79. The van der Waals surface area contributed by atoms with E-state index in [-0.39, 0.29) is 47.5 Å². The molecule has 4 N–H and O–H groups in total. The second kappa shape index (κ2) is 16.1. The molecule has 2 aliphatic rings. The number of ether oxygens (including phenoxy) is 1. The van der Waals surface area contributed by atoms with Gasteiger partial charge >= 0.3 is 6.18 Å². The Kier molecular flexibility index (Phi) is 11.4. The number of carbonyl (C=O) groups excluding carboxylic acids is 3. The Bertz CT molecular complexity index is 2030. The summed E-state index contributed by atoms with van der Waals surface area (Å²) in [5.41, 5.74) is 1.61. The minimum atomic E-state index is -4.71. The zero-order chi connectivity index (χ0) is 38.6. The molecule has 284 valence electrons. The number of carbonyl (C=O) groups is 3. The number of alkyl halides is 3. The summed E-state index contributed by atoms with van der Waals surface area (Å²) < 4.78 is 62.8. The average molecular weight is 748 g/mol. The molecule has 1 unspecified atom stereocenters. The minimum absolute atomic E-state index is 0.128. The molecule has 15 heteroatoms. The highest BCUT2D eigenvalue weighted by Crippen LogP contribution is 2.39. The van der Waals surface area contributed by atoms with Crippen LogP contribution in [0.15, 0.2) is 72.9 Å². The van der Waals surface area contributed by atoms with Gasteiger partial charge < -0.3 is 25.6 Å². The molecule has 2 fully saturated rings. The van der Waals surface area contributed by atoms with Gasteiger partial charge in [-0.05, 0) is 62.2 Å². The summed E-state index contributed by atoms with van der Waals surface area (Å²) in [7, 11) is 4.96. The highest BCUT2D eigenvalue weighted by Gasteiger charge is 2.35. The molecule has 2 saturated heterocycles. The fourth-order valence-corrected chi connectivity index (χ4v) is 6.96. The maximum Gasteiger partial charge on any atom is 0.419 e. The van der Waals surface area contributed by atoms with Crippen molar-refractivity contribution >= 4 is 46.3 Å². The molecule has 3 amide bonds. The molecule has 6 rings (SSSR count). The van der Waals surface area contributed by atoms with Crippen molar-refractivity contribution < 1.29 is 36.7 Å². The zero-order valence-corrected chi connectivity index (χ0v) is 30.0. The number of imide groups is 1. The first kappa shape index (κ1) is 38.0. The van der Waals surface area contributed by atoms with E-state index in [0.29, 0.717) is 23.5 Å². The number of anilines is 5. The van der Waals surface area contributed by atoms with Gasteiger partial charge in [-0.15, -0.1) is 0 Å². The molecule has 0 spiro atoms. The van der Waals surface area contributed by atoms with Crippen molar-refractivity contribution in [3.05, 3.63) is 101 Å². The smallest absolute Gasteiger partial charge is 0.419 e. The molecule has 2 aliphatic heterocycles. The fraction of sp³-hybridized carbons (Fsp3) is 0.333. The molecule has 0 radical (unpaired) electrons. The lowest BCUT2D eigenvalue weighted by atomic mass is 9.89. The van der Waals surface area contributed by atoms with Gasteiger partial charge in [-0.25, -0.2) is 9.37 Å². The number of benzene rings is 3. The van der Waals surface area contributed by atoms with E-state index >= 15 is 4.39 Å². The summed E-state index contributed by atoms with van der Waals surface area (Å²) in [6.45, 7) is 2.03. The number of methoxy groups -OCH3 is 1. The zero-order valence-electron chi connectivity index (χ0n) is 30.0. The van der Waals surface area contributed by atoms with Gasteiger partial charge in [0.15, 0.2) is 0 Å². The van der Waals surface area contributed by atoms with Gasteiger partial charge in [0.05, 0.1) is 41.2 Å². The van der Waals surface area contributed by atoms with Crippen molar-refractivity contribution in [3.8, 4) is 5.75 Å². The number of halogens is 4. The van der Waals surface area contributed by atoms with Crippen LogP contribution in [0.5, 0.6) is 5.75 Å². The Morgan fingerprint density at radius 1 is 0.981 bits per heavy atom. The first-order valence-corrected chi connectivity index (χ1v) is 17.5. The molecule has 0 saturated carbocycles. The van der Waals surface area contributed by atoms with Crippen LogP contribution < -0.4 is 30.9 Å².